The topological polar surface area (TPSA) is 21.7 Å². The maximum atomic E-state index is 6.93. The molecule has 0 unspecified atom stereocenters. The fourth-order valence-corrected chi connectivity index (χ4v) is 14.4. The summed E-state index contributed by atoms with van der Waals surface area (Å²) in [5.41, 5.74) is 10.4. The summed E-state index contributed by atoms with van der Waals surface area (Å²) in [5, 5.41) is 2.63. The Kier molecular flexibility index (Phi) is 8.49. The first-order valence-electron chi connectivity index (χ1n) is 20.2. The summed E-state index contributed by atoms with van der Waals surface area (Å²) in [7, 11) is -2.08. The van der Waals surface area contributed by atoms with Crippen LogP contribution in [0.25, 0.3) is 22.3 Å². The first-order chi connectivity index (χ1) is 28.8. The van der Waals surface area contributed by atoms with E-state index < -0.39 is 8.07 Å². The van der Waals surface area contributed by atoms with Crippen LogP contribution in [0, 0.1) is 0 Å². The van der Waals surface area contributed by atoms with Gasteiger partial charge in [-0.05, 0) is 98.9 Å². The van der Waals surface area contributed by atoms with Crippen LogP contribution in [0.4, 0.5) is 17.1 Å². The van der Waals surface area contributed by atoms with Crippen LogP contribution in [0.3, 0.4) is 0 Å². The zero-order valence-corrected chi connectivity index (χ0v) is 36.0. The number of rotatable bonds is 5. The summed E-state index contributed by atoms with van der Waals surface area (Å²) in [6, 6.07) is 63.6. The van der Waals surface area contributed by atoms with Crippen molar-refractivity contribution in [3.8, 4) is 45.3 Å². The van der Waals surface area contributed by atoms with E-state index in [-0.39, 0.29) is 5.41 Å². The highest BCUT2D eigenvalue weighted by Crippen LogP contribution is 2.53. The summed E-state index contributed by atoms with van der Waals surface area (Å²) in [6.45, 7) is 9.57. The van der Waals surface area contributed by atoms with Crippen LogP contribution < -0.4 is 24.7 Å². The Balaban J connectivity index is 1.02. The molecule has 0 radical (unpaired) electrons. The van der Waals surface area contributed by atoms with Gasteiger partial charge in [0.05, 0.1) is 15.5 Å². The average Bonchev–Trinajstić information content (AvgIpc) is 3.26. The van der Waals surface area contributed by atoms with Gasteiger partial charge in [-0.3, -0.25) is 0 Å². The Morgan fingerprint density at radius 1 is 0.458 bits per heavy atom. The molecule has 8 aromatic rings. The molecule has 0 bridgehead atoms. The molecule has 0 aliphatic carbocycles. The minimum absolute atomic E-state index is 0.0906. The van der Waals surface area contributed by atoms with Gasteiger partial charge in [-0.2, -0.15) is 0 Å². The van der Waals surface area contributed by atoms with Crippen LogP contribution in [0.5, 0.6) is 23.0 Å². The van der Waals surface area contributed by atoms with Crippen molar-refractivity contribution in [2.75, 3.05) is 4.90 Å². The molecule has 6 heteroatoms. The van der Waals surface area contributed by atoms with Gasteiger partial charge in [0.2, 0.25) is 0 Å². The molecule has 8 aromatic carbocycles. The maximum absolute atomic E-state index is 6.93. The lowest BCUT2D eigenvalue weighted by Crippen LogP contribution is -2.56. The molecule has 3 heterocycles. The minimum atomic E-state index is -2.08. The highest BCUT2D eigenvalue weighted by atomic mass is 32.2. The molecule has 11 rings (SSSR count). The van der Waals surface area contributed by atoms with Crippen LogP contribution in [0.2, 0.25) is 13.1 Å². The monoisotopic (exact) mass is 815 g/mol. The standard InChI is InChI=1S/C53H41NO2S2Si/c1-53(2)40-16-5-8-21-45(40)58-52-39(15-11-17-41(52)53)35-28-32-37(33-29-35)54(42-18-13-25-49-51(42)56-44-20-7-10-24-48(44)59(49,3)4)36-30-26-34(27-31-36)38-14-12-23-47-50(38)55-43-19-6-9-22-46(43)57-47/h5-33H,1-4H3. The van der Waals surface area contributed by atoms with Gasteiger partial charge in [0.15, 0.2) is 5.75 Å². The van der Waals surface area contributed by atoms with Crippen LogP contribution >= 0.6 is 23.5 Å². The van der Waals surface area contributed by atoms with E-state index in [2.05, 4.69) is 196 Å². The number of nitrogens with zero attached hydrogens (tertiary/aromatic N) is 1. The molecule has 0 aromatic heterocycles. The van der Waals surface area contributed by atoms with Gasteiger partial charge in [-0.1, -0.05) is 166 Å². The predicted molar refractivity (Wildman–Crippen MR) is 249 cm³/mol. The maximum Gasteiger partial charge on any atom is 0.151 e. The molecule has 3 aliphatic heterocycles. The SMILES string of the molecule is CC1(C)c2ccccc2Sc2c(-c3ccc(N(c4ccc(-c5cccc6c5Oc5ccccc5S6)cc4)c4cccc5c4Oc4ccccc4[Si]5(C)C)cc3)cccc21. The molecule has 3 nitrogen and oxygen atoms in total. The molecule has 0 saturated heterocycles. The molecule has 0 saturated carbocycles. The van der Waals surface area contributed by atoms with Crippen molar-refractivity contribution in [2.24, 2.45) is 0 Å². The van der Waals surface area contributed by atoms with E-state index >= 15 is 0 Å². The Morgan fingerprint density at radius 2 is 1.02 bits per heavy atom. The number of anilines is 3. The quantitative estimate of drug-likeness (QED) is 0.161. The van der Waals surface area contributed by atoms with E-state index in [0.717, 1.165) is 61.0 Å². The lowest BCUT2D eigenvalue weighted by atomic mass is 9.77. The molecule has 286 valence electrons. The third-order valence-electron chi connectivity index (χ3n) is 12.3. The van der Waals surface area contributed by atoms with Crippen molar-refractivity contribution in [3.63, 3.8) is 0 Å². The van der Waals surface area contributed by atoms with E-state index in [9.17, 15) is 0 Å². The van der Waals surface area contributed by atoms with Gasteiger partial charge in [0, 0.05) is 32.1 Å². The van der Waals surface area contributed by atoms with Crippen LogP contribution in [0.1, 0.15) is 25.0 Å². The molecular formula is C53H41NO2S2Si. The first kappa shape index (κ1) is 36.2. The molecule has 59 heavy (non-hydrogen) atoms. The molecule has 0 atom stereocenters. The van der Waals surface area contributed by atoms with Gasteiger partial charge in [0.1, 0.15) is 25.3 Å². The zero-order valence-electron chi connectivity index (χ0n) is 33.3. The number of fused-ring (bicyclic) bond motifs is 6. The average molecular weight is 816 g/mol. The van der Waals surface area contributed by atoms with Gasteiger partial charge in [-0.25, -0.2) is 0 Å². The molecule has 0 spiro atoms. The Labute approximate surface area is 355 Å². The summed E-state index contributed by atoms with van der Waals surface area (Å²) >= 11 is 3.65. The smallest absolute Gasteiger partial charge is 0.151 e. The van der Waals surface area contributed by atoms with Crippen molar-refractivity contribution in [1.29, 1.82) is 0 Å². The van der Waals surface area contributed by atoms with Crippen molar-refractivity contribution < 1.29 is 9.47 Å². The predicted octanol–water partition coefficient (Wildman–Crippen LogP) is 14.5. The number of ether oxygens (including phenoxy) is 2. The number of benzene rings is 8. The van der Waals surface area contributed by atoms with E-state index in [1.807, 2.05) is 23.9 Å². The first-order valence-corrected chi connectivity index (χ1v) is 24.8. The molecular weight excluding hydrogens is 775 g/mol. The van der Waals surface area contributed by atoms with Gasteiger partial charge >= 0.3 is 0 Å². The van der Waals surface area contributed by atoms with Crippen molar-refractivity contribution in [2.45, 2.75) is 51.9 Å². The van der Waals surface area contributed by atoms with Crippen molar-refractivity contribution in [1.82, 2.24) is 0 Å². The lowest BCUT2D eigenvalue weighted by Gasteiger charge is -2.36. The summed E-state index contributed by atoms with van der Waals surface area (Å²) in [4.78, 5) is 7.29. The Bertz CT molecular complexity index is 2960. The third-order valence-corrected chi connectivity index (χ3v) is 18.1. The van der Waals surface area contributed by atoms with E-state index in [1.165, 1.54) is 42.4 Å². The van der Waals surface area contributed by atoms with Crippen LogP contribution in [0.15, 0.2) is 196 Å². The van der Waals surface area contributed by atoms with Gasteiger partial charge in [-0.15, -0.1) is 0 Å². The highest BCUT2D eigenvalue weighted by Gasteiger charge is 2.39. The summed E-state index contributed by atoms with van der Waals surface area (Å²) in [6.07, 6.45) is 0. The number of hydrogen-bond donors (Lipinski definition) is 0. The van der Waals surface area contributed by atoms with E-state index in [1.54, 1.807) is 11.8 Å². The van der Waals surface area contributed by atoms with Crippen LogP contribution in [-0.2, 0) is 5.41 Å². The molecule has 0 amide bonds. The Morgan fingerprint density at radius 3 is 1.80 bits per heavy atom. The van der Waals surface area contributed by atoms with Gasteiger partial charge in [0.25, 0.3) is 0 Å². The number of para-hydroxylation sites is 4. The fraction of sp³-hybridized carbons (Fsp3) is 0.0943. The molecule has 3 aliphatic rings. The van der Waals surface area contributed by atoms with E-state index in [0.29, 0.717) is 0 Å². The zero-order chi connectivity index (χ0) is 39.9. The molecule has 0 N–H and O–H groups in total. The van der Waals surface area contributed by atoms with Gasteiger partial charge < -0.3 is 14.4 Å². The van der Waals surface area contributed by atoms with Crippen LogP contribution in [-0.4, -0.2) is 8.07 Å². The second-order valence-electron chi connectivity index (χ2n) is 16.5. The lowest BCUT2D eigenvalue weighted by molar-refractivity contribution is 0.456. The molecule has 0 fully saturated rings. The Hall–Kier alpha value is -5.92. The third kappa shape index (κ3) is 5.88. The normalized spacial score (nSPS) is 14.8. The number of hydrogen-bond acceptors (Lipinski definition) is 5. The minimum Gasteiger partial charge on any atom is -0.455 e. The van der Waals surface area contributed by atoms with Crippen molar-refractivity contribution in [3.05, 3.63) is 187 Å². The summed E-state index contributed by atoms with van der Waals surface area (Å²) in [5.74, 6) is 3.69. The van der Waals surface area contributed by atoms with Crippen molar-refractivity contribution >= 4 is 59.0 Å². The summed E-state index contributed by atoms with van der Waals surface area (Å²) < 4.78 is 13.5. The van der Waals surface area contributed by atoms with E-state index in [4.69, 9.17) is 9.47 Å². The second-order valence-corrected chi connectivity index (χ2v) is 23.0. The highest BCUT2D eigenvalue weighted by molar-refractivity contribution is 8.00. The fourth-order valence-electron chi connectivity index (χ4n) is 9.10. The second kappa shape index (κ2) is 13.8. The largest absolute Gasteiger partial charge is 0.455 e.